The van der Waals surface area contributed by atoms with E-state index in [0.29, 0.717) is 25.7 Å². The summed E-state index contributed by atoms with van der Waals surface area (Å²) in [6.07, 6.45) is 13.1. The van der Waals surface area contributed by atoms with Gasteiger partial charge < -0.3 is 14.9 Å². The van der Waals surface area contributed by atoms with Crippen LogP contribution in [0.1, 0.15) is 96.8 Å². The summed E-state index contributed by atoms with van der Waals surface area (Å²) in [5.74, 6) is -0.213. The van der Waals surface area contributed by atoms with Crippen LogP contribution >= 0.6 is 0 Å². The predicted molar refractivity (Wildman–Crippen MR) is 94.3 cm³/mol. The number of rotatable bonds is 16. The van der Waals surface area contributed by atoms with Gasteiger partial charge in [-0.15, -0.1) is 0 Å². The third kappa shape index (κ3) is 14.7. The van der Waals surface area contributed by atoms with Crippen molar-refractivity contribution in [3.8, 4) is 0 Å². The first-order chi connectivity index (χ1) is 11.1. The van der Waals surface area contributed by atoms with Gasteiger partial charge in [0.25, 0.3) is 0 Å². The second-order valence-electron chi connectivity index (χ2n) is 6.57. The number of hydrogen-bond acceptors (Lipinski definition) is 4. The standard InChI is InChI=1S/C19H38O4/c1-3-4-5-6-7-8-9-10-11-14-17(20)18(21)15-12-13-16-19(22)23-2/h17-18,20-21H,3-16H2,1-2H3/t17-,18+/m1/s1. The van der Waals surface area contributed by atoms with E-state index in [1.165, 1.54) is 52.1 Å². The van der Waals surface area contributed by atoms with E-state index >= 15 is 0 Å². The zero-order valence-corrected chi connectivity index (χ0v) is 15.3. The van der Waals surface area contributed by atoms with Crippen molar-refractivity contribution in [3.63, 3.8) is 0 Å². The van der Waals surface area contributed by atoms with Gasteiger partial charge in [-0.3, -0.25) is 4.79 Å². The first kappa shape index (κ1) is 22.4. The van der Waals surface area contributed by atoms with Gasteiger partial charge in [-0.05, 0) is 19.3 Å². The highest BCUT2D eigenvalue weighted by Gasteiger charge is 2.15. The third-order valence-electron chi connectivity index (χ3n) is 4.41. The van der Waals surface area contributed by atoms with Crippen LogP contribution in [0.15, 0.2) is 0 Å². The quantitative estimate of drug-likeness (QED) is 0.326. The predicted octanol–water partition coefficient (Wildman–Crippen LogP) is 4.36. The largest absolute Gasteiger partial charge is 0.469 e. The fraction of sp³-hybridized carbons (Fsp3) is 0.947. The number of esters is 1. The molecule has 0 saturated heterocycles. The van der Waals surface area contributed by atoms with Crippen LogP contribution in [-0.2, 0) is 9.53 Å². The molecule has 0 spiro atoms. The molecule has 0 aromatic rings. The van der Waals surface area contributed by atoms with E-state index in [9.17, 15) is 15.0 Å². The molecular formula is C19H38O4. The highest BCUT2D eigenvalue weighted by atomic mass is 16.5. The summed E-state index contributed by atoms with van der Waals surface area (Å²) in [6.45, 7) is 2.23. The zero-order chi connectivity index (χ0) is 17.3. The Hall–Kier alpha value is -0.610. The van der Waals surface area contributed by atoms with E-state index in [1.807, 2.05) is 0 Å². The van der Waals surface area contributed by atoms with E-state index in [4.69, 9.17) is 0 Å². The molecule has 0 aliphatic rings. The zero-order valence-electron chi connectivity index (χ0n) is 15.3. The monoisotopic (exact) mass is 330 g/mol. The second kappa shape index (κ2) is 16.3. The maximum atomic E-state index is 11.0. The summed E-state index contributed by atoms with van der Waals surface area (Å²) in [6, 6.07) is 0. The van der Waals surface area contributed by atoms with Gasteiger partial charge in [0, 0.05) is 6.42 Å². The molecule has 138 valence electrons. The lowest BCUT2D eigenvalue weighted by Gasteiger charge is -2.17. The molecule has 0 aliphatic heterocycles. The number of hydrogen-bond donors (Lipinski definition) is 2. The SMILES string of the molecule is CCCCCCCCCCC[C@@H](O)[C@@H](O)CCCCC(=O)OC. The first-order valence-corrected chi connectivity index (χ1v) is 9.54. The van der Waals surface area contributed by atoms with Gasteiger partial charge in [-0.1, -0.05) is 71.1 Å². The fourth-order valence-electron chi connectivity index (χ4n) is 2.77. The molecule has 2 N–H and O–H groups in total. The lowest BCUT2D eigenvalue weighted by atomic mass is 10.00. The smallest absolute Gasteiger partial charge is 0.305 e. The van der Waals surface area contributed by atoms with Crippen LogP contribution < -0.4 is 0 Å². The molecule has 0 radical (unpaired) electrons. The van der Waals surface area contributed by atoms with Crippen molar-refractivity contribution in [2.24, 2.45) is 0 Å². The van der Waals surface area contributed by atoms with Crippen molar-refractivity contribution < 1.29 is 19.7 Å². The van der Waals surface area contributed by atoms with E-state index in [0.717, 1.165) is 19.3 Å². The van der Waals surface area contributed by atoms with Crippen molar-refractivity contribution in [1.82, 2.24) is 0 Å². The molecule has 0 bridgehead atoms. The number of aliphatic hydroxyl groups excluding tert-OH is 2. The molecule has 0 aromatic carbocycles. The molecule has 0 saturated carbocycles. The summed E-state index contributed by atoms with van der Waals surface area (Å²) >= 11 is 0. The van der Waals surface area contributed by atoms with Crippen LogP contribution in [-0.4, -0.2) is 35.5 Å². The minimum Gasteiger partial charge on any atom is -0.469 e. The van der Waals surface area contributed by atoms with Gasteiger partial charge in [-0.2, -0.15) is 0 Å². The molecule has 4 nitrogen and oxygen atoms in total. The van der Waals surface area contributed by atoms with E-state index in [2.05, 4.69) is 11.7 Å². The van der Waals surface area contributed by atoms with E-state index in [-0.39, 0.29) is 5.97 Å². The Morgan fingerprint density at radius 3 is 1.70 bits per heavy atom. The van der Waals surface area contributed by atoms with E-state index in [1.54, 1.807) is 0 Å². The molecular weight excluding hydrogens is 292 g/mol. The van der Waals surface area contributed by atoms with Crippen LogP contribution in [0.5, 0.6) is 0 Å². The Kier molecular flexibility index (Phi) is 15.8. The van der Waals surface area contributed by atoms with Crippen LogP contribution in [0, 0.1) is 0 Å². The molecule has 2 atom stereocenters. The number of carbonyl (C=O) groups excluding carboxylic acids is 1. The maximum Gasteiger partial charge on any atom is 0.305 e. The van der Waals surface area contributed by atoms with Gasteiger partial charge >= 0.3 is 5.97 Å². The van der Waals surface area contributed by atoms with Crippen LogP contribution in [0.2, 0.25) is 0 Å². The summed E-state index contributed by atoms with van der Waals surface area (Å²) < 4.78 is 4.57. The molecule has 0 aliphatic carbocycles. The average molecular weight is 331 g/mol. The Bertz CT molecular complexity index is 268. The number of ether oxygens (including phenoxy) is 1. The summed E-state index contributed by atoms with van der Waals surface area (Å²) in [5.41, 5.74) is 0. The topological polar surface area (TPSA) is 66.8 Å². The van der Waals surface area contributed by atoms with Gasteiger partial charge in [0.1, 0.15) is 0 Å². The molecule has 0 amide bonds. The van der Waals surface area contributed by atoms with Gasteiger partial charge in [-0.25, -0.2) is 0 Å². The molecule has 23 heavy (non-hydrogen) atoms. The average Bonchev–Trinajstić information content (AvgIpc) is 2.56. The Morgan fingerprint density at radius 2 is 1.22 bits per heavy atom. The van der Waals surface area contributed by atoms with Crippen LogP contribution in [0.4, 0.5) is 0 Å². The summed E-state index contributed by atoms with van der Waals surface area (Å²) in [5, 5.41) is 19.8. The van der Waals surface area contributed by atoms with Crippen LogP contribution in [0.3, 0.4) is 0 Å². The lowest BCUT2D eigenvalue weighted by molar-refractivity contribution is -0.140. The summed E-state index contributed by atoms with van der Waals surface area (Å²) in [7, 11) is 1.38. The third-order valence-corrected chi connectivity index (χ3v) is 4.41. The van der Waals surface area contributed by atoms with Crippen molar-refractivity contribution in [2.75, 3.05) is 7.11 Å². The van der Waals surface area contributed by atoms with Crippen molar-refractivity contribution in [3.05, 3.63) is 0 Å². The number of methoxy groups -OCH3 is 1. The fourth-order valence-corrected chi connectivity index (χ4v) is 2.77. The Morgan fingerprint density at radius 1 is 0.783 bits per heavy atom. The summed E-state index contributed by atoms with van der Waals surface area (Å²) in [4.78, 5) is 11.0. The minimum atomic E-state index is -0.665. The van der Waals surface area contributed by atoms with Gasteiger partial charge in [0.05, 0.1) is 19.3 Å². The molecule has 0 aromatic heterocycles. The molecule has 0 unspecified atom stereocenters. The Balaban J connectivity index is 3.40. The maximum absolute atomic E-state index is 11.0. The van der Waals surface area contributed by atoms with Gasteiger partial charge in [0.15, 0.2) is 0 Å². The Labute approximate surface area is 142 Å². The normalized spacial score (nSPS) is 13.7. The molecule has 0 heterocycles. The minimum absolute atomic E-state index is 0.213. The first-order valence-electron chi connectivity index (χ1n) is 9.54. The number of aliphatic hydroxyl groups is 2. The van der Waals surface area contributed by atoms with Crippen molar-refractivity contribution >= 4 is 5.97 Å². The number of unbranched alkanes of at least 4 members (excludes halogenated alkanes) is 9. The van der Waals surface area contributed by atoms with Gasteiger partial charge in [0.2, 0.25) is 0 Å². The second-order valence-corrected chi connectivity index (χ2v) is 6.57. The molecule has 4 heteroatoms. The lowest BCUT2D eigenvalue weighted by Crippen LogP contribution is -2.25. The molecule has 0 rings (SSSR count). The molecule has 0 fully saturated rings. The van der Waals surface area contributed by atoms with Crippen molar-refractivity contribution in [2.45, 2.75) is 109 Å². The highest BCUT2D eigenvalue weighted by Crippen LogP contribution is 2.15. The highest BCUT2D eigenvalue weighted by molar-refractivity contribution is 5.68. The number of carbonyl (C=O) groups is 1. The van der Waals surface area contributed by atoms with E-state index < -0.39 is 12.2 Å². The van der Waals surface area contributed by atoms with Crippen LogP contribution in [0.25, 0.3) is 0 Å². The van der Waals surface area contributed by atoms with Crippen molar-refractivity contribution in [1.29, 1.82) is 0 Å².